The highest BCUT2D eigenvalue weighted by molar-refractivity contribution is 5.78. The number of fused-ring (bicyclic) bond motifs is 1. The van der Waals surface area contributed by atoms with Crippen LogP contribution >= 0.6 is 0 Å². The van der Waals surface area contributed by atoms with Gasteiger partial charge in [-0.05, 0) is 37.3 Å². The SMILES string of the molecule is CCOC(=O)C(c1ccc(-c2ccc(C(F)(F)F)cc2C(F)(F)F)nc1)n1cc2nc(-c3cccc(F)c3F)nc-2cn1. The van der Waals surface area contributed by atoms with Gasteiger partial charge in [-0.15, -0.1) is 0 Å². The number of imidazole rings is 1. The minimum atomic E-state index is -5.12. The van der Waals surface area contributed by atoms with Crippen LogP contribution in [0.5, 0.6) is 0 Å². The van der Waals surface area contributed by atoms with Gasteiger partial charge < -0.3 is 4.74 Å². The Morgan fingerprint density at radius 2 is 1.63 bits per heavy atom. The van der Waals surface area contributed by atoms with E-state index in [-0.39, 0.29) is 46.7 Å². The van der Waals surface area contributed by atoms with Crippen LogP contribution in [0.1, 0.15) is 29.7 Å². The van der Waals surface area contributed by atoms with Crippen LogP contribution in [0.25, 0.3) is 34.0 Å². The molecular formula is C28H17F8N5O2. The molecule has 0 N–H and O–H groups in total. The van der Waals surface area contributed by atoms with E-state index >= 15 is 0 Å². The Bertz CT molecular complexity index is 1770. The molecule has 1 aromatic heterocycles. The maximum atomic E-state index is 14.3. The molecule has 0 amide bonds. The molecule has 2 aliphatic heterocycles. The Kier molecular flexibility index (Phi) is 7.58. The summed E-state index contributed by atoms with van der Waals surface area (Å²) in [6.45, 7) is 1.51. The standard InChI is InChI=1S/C28H17F8N5O2/c1-2-43-26(42)24(41-13-22-21(12-38-41)39-25(40-22)17-4-3-5-19(29)23(17)30)14-6-9-20(37-11-14)16-8-7-15(27(31,32)33)10-18(16)28(34,35)36/h3-13,24H,2H2,1H3. The van der Waals surface area contributed by atoms with E-state index in [0.717, 1.165) is 23.0 Å². The number of pyridine rings is 1. The van der Waals surface area contributed by atoms with Gasteiger partial charge in [0.1, 0.15) is 11.4 Å². The second-order valence-electron chi connectivity index (χ2n) is 9.06. The molecule has 43 heavy (non-hydrogen) atoms. The molecule has 1 unspecified atom stereocenters. The van der Waals surface area contributed by atoms with Crippen molar-refractivity contribution in [1.82, 2.24) is 24.7 Å². The van der Waals surface area contributed by atoms with Crippen LogP contribution in [0.2, 0.25) is 0 Å². The Labute approximate surface area is 237 Å². The first-order valence-electron chi connectivity index (χ1n) is 12.4. The molecule has 0 bridgehead atoms. The molecule has 0 aliphatic carbocycles. The lowest BCUT2D eigenvalue weighted by Gasteiger charge is -2.19. The summed E-state index contributed by atoms with van der Waals surface area (Å²) in [5, 5.41) is 4.16. The molecule has 0 saturated carbocycles. The van der Waals surface area contributed by atoms with Crippen molar-refractivity contribution in [3.05, 3.63) is 95.4 Å². The number of benzene rings is 2. The Hall–Kier alpha value is -4.95. The summed E-state index contributed by atoms with van der Waals surface area (Å²) < 4.78 is 115. The van der Waals surface area contributed by atoms with Crippen LogP contribution in [0, 0.1) is 11.6 Å². The smallest absolute Gasteiger partial charge is 0.417 e. The van der Waals surface area contributed by atoms with Crippen LogP contribution in [0.4, 0.5) is 35.1 Å². The molecule has 2 aliphatic rings. The molecule has 0 radical (unpaired) electrons. The van der Waals surface area contributed by atoms with E-state index in [0.29, 0.717) is 12.1 Å². The Morgan fingerprint density at radius 3 is 2.28 bits per heavy atom. The zero-order valence-electron chi connectivity index (χ0n) is 21.7. The number of carbonyl (C=O) groups excluding carboxylic acids is 1. The molecule has 0 fully saturated rings. The molecule has 222 valence electrons. The topological polar surface area (TPSA) is 82.8 Å². The molecular weight excluding hydrogens is 590 g/mol. The molecule has 15 heteroatoms. The lowest BCUT2D eigenvalue weighted by molar-refractivity contribution is -0.146. The van der Waals surface area contributed by atoms with Crippen LogP contribution in [0.15, 0.2) is 67.1 Å². The number of esters is 1. The third-order valence-corrected chi connectivity index (χ3v) is 6.28. The van der Waals surface area contributed by atoms with E-state index in [4.69, 9.17) is 4.74 Å². The maximum absolute atomic E-state index is 14.3. The van der Waals surface area contributed by atoms with Crippen molar-refractivity contribution in [3.8, 4) is 34.0 Å². The van der Waals surface area contributed by atoms with Gasteiger partial charge in [0, 0.05) is 17.3 Å². The fraction of sp³-hybridized carbons (Fsp3) is 0.179. The van der Waals surface area contributed by atoms with E-state index in [1.807, 2.05) is 0 Å². The highest BCUT2D eigenvalue weighted by Crippen LogP contribution is 2.40. The van der Waals surface area contributed by atoms with Crippen molar-refractivity contribution in [3.63, 3.8) is 0 Å². The van der Waals surface area contributed by atoms with Crippen molar-refractivity contribution in [1.29, 1.82) is 0 Å². The summed E-state index contributed by atoms with van der Waals surface area (Å²) in [5.74, 6) is -3.22. The quantitative estimate of drug-likeness (QED) is 0.153. The largest absolute Gasteiger partial charge is 0.464 e. The summed E-state index contributed by atoms with van der Waals surface area (Å²) in [5.41, 5.74) is -3.67. The fourth-order valence-electron chi connectivity index (χ4n) is 4.30. The second kappa shape index (κ2) is 11.0. The van der Waals surface area contributed by atoms with Crippen molar-refractivity contribution < 1.29 is 44.7 Å². The van der Waals surface area contributed by atoms with E-state index in [1.165, 1.54) is 30.6 Å². The van der Waals surface area contributed by atoms with Gasteiger partial charge in [-0.3, -0.25) is 9.67 Å². The lowest BCUT2D eigenvalue weighted by Crippen LogP contribution is -2.25. The summed E-state index contributed by atoms with van der Waals surface area (Å²) >= 11 is 0. The molecule has 2 aromatic carbocycles. The summed E-state index contributed by atoms with van der Waals surface area (Å²) in [6, 6.07) is 5.73. The Morgan fingerprint density at radius 1 is 0.884 bits per heavy atom. The molecule has 1 atom stereocenters. The zero-order valence-corrected chi connectivity index (χ0v) is 21.7. The summed E-state index contributed by atoms with van der Waals surface area (Å²) in [7, 11) is 0. The monoisotopic (exact) mass is 607 g/mol. The highest BCUT2D eigenvalue weighted by Gasteiger charge is 2.38. The van der Waals surface area contributed by atoms with Gasteiger partial charge in [-0.25, -0.2) is 23.5 Å². The molecule has 0 saturated heterocycles. The van der Waals surface area contributed by atoms with Crippen LogP contribution < -0.4 is 0 Å². The first-order chi connectivity index (χ1) is 20.3. The zero-order chi connectivity index (χ0) is 31.1. The summed E-state index contributed by atoms with van der Waals surface area (Å²) in [4.78, 5) is 25.3. The average Bonchev–Trinajstić information content (AvgIpc) is 3.37. The number of aromatic nitrogens is 5. The highest BCUT2D eigenvalue weighted by atomic mass is 19.4. The van der Waals surface area contributed by atoms with Crippen LogP contribution in [-0.4, -0.2) is 37.3 Å². The van der Waals surface area contributed by atoms with Gasteiger partial charge in [0.25, 0.3) is 0 Å². The predicted octanol–water partition coefficient (Wildman–Crippen LogP) is 6.98. The third kappa shape index (κ3) is 5.87. The number of hydrogen-bond acceptors (Lipinski definition) is 6. The number of carbonyl (C=O) groups is 1. The number of nitrogens with zero attached hydrogens (tertiary/aromatic N) is 5. The normalized spacial score (nSPS) is 12.9. The van der Waals surface area contributed by atoms with E-state index in [9.17, 15) is 39.9 Å². The summed E-state index contributed by atoms with van der Waals surface area (Å²) in [6.07, 6.45) is -6.54. The fourth-order valence-corrected chi connectivity index (χ4v) is 4.30. The molecule has 0 spiro atoms. The number of rotatable bonds is 6. The van der Waals surface area contributed by atoms with E-state index in [1.54, 1.807) is 6.92 Å². The first kappa shape index (κ1) is 29.5. The third-order valence-electron chi connectivity index (χ3n) is 6.28. The Balaban J connectivity index is 1.54. The lowest BCUT2D eigenvalue weighted by atomic mass is 9.99. The van der Waals surface area contributed by atoms with E-state index < -0.39 is 52.7 Å². The van der Waals surface area contributed by atoms with Crippen molar-refractivity contribution in [2.75, 3.05) is 6.61 Å². The number of hydrogen-bond donors (Lipinski definition) is 0. The van der Waals surface area contributed by atoms with Gasteiger partial charge in [0.2, 0.25) is 0 Å². The first-order valence-corrected chi connectivity index (χ1v) is 12.4. The molecule has 3 aromatic rings. The predicted molar refractivity (Wildman–Crippen MR) is 134 cm³/mol. The number of halogens is 8. The van der Waals surface area contributed by atoms with Gasteiger partial charge in [-0.1, -0.05) is 18.2 Å². The van der Waals surface area contributed by atoms with E-state index in [2.05, 4.69) is 20.1 Å². The van der Waals surface area contributed by atoms with Crippen molar-refractivity contribution >= 4 is 5.97 Å². The second-order valence-corrected chi connectivity index (χ2v) is 9.06. The van der Waals surface area contributed by atoms with Crippen molar-refractivity contribution in [2.24, 2.45) is 0 Å². The molecule has 5 rings (SSSR count). The maximum Gasteiger partial charge on any atom is 0.417 e. The van der Waals surface area contributed by atoms with Gasteiger partial charge >= 0.3 is 18.3 Å². The minimum absolute atomic E-state index is 0.00614. The molecule has 7 nitrogen and oxygen atoms in total. The number of ether oxygens (including phenoxy) is 1. The molecule has 3 heterocycles. The van der Waals surface area contributed by atoms with Crippen LogP contribution in [-0.2, 0) is 21.9 Å². The van der Waals surface area contributed by atoms with Gasteiger partial charge in [-0.2, -0.15) is 31.4 Å². The van der Waals surface area contributed by atoms with Crippen molar-refractivity contribution in [2.45, 2.75) is 25.3 Å². The van der Waals surface area contributed by atoms with Crippen LogP contribution in [0.3, 0.4) is 0 Å². The minimum Gasteiger partial charge on any atom is -0.464 e. The number of alkyl halides is 6. The van der Waals surface area contributed by atoms with Gasteiger partial charge in [0.15, 0.2) is 23.5 Å². The average molecular weight is 607 g/mol. The van der Waals surface area contributed by atoms with Gasteiger partial charge in [0.05, 0.1) is 41.4 Å².